The number of carbonyl (C=O) groups is 2. The predicted octanol–water partition coefficient (Wildman–Crippen LogP) is -0.211. The van der Waals surface area contributed by atoms with E-state index in [2.05, 4.69) is 13.2 Å². The molecule has 0 atom stereocenters. The highest BCUT2D eigenvalue weighted by Crippen LogP contribution is 2.04. The first kappa shape index (κ1) is 15.3. The van der Waals surface area contributed by atoms with E-state index in [1.165, 1.54) is 7.11 Å². The summed E-state index contributed by atoms with van der Waals surface area (Å²) >= 11 is 0. The van der Waals surface area contributed by atoms with Gasteiger partial charge in [0.2, 0.25) is 0 Å². The fourth-order valence-electron chi connectivity index (χ4n) is 0.960. The van der Waals surface area contributed by atoms with E-state index in [-0.39, 0.29) is 19.8 Å². The maximum absolute atomic E-state index is 10.9. The van der Waals surface area contributed by atoms with Gasteiger partial charge in [0.25, 0.3) is 0 Å². The summed E-state index contributed by atoms with van der Waals surface area (Å²) in [6.45, 7) is 6.28. The Labute approximate surface area is 100 Å². The Morgan fingerprint density at radius 3 is 1.82 bits per heavy atom. The van der Waals surface area contributed by atoms with Crippen LogP contribution in [0.4, 0.5) is 0 Å². The highest BCUT2D eigenvalue weighted by Gasteiger charge is 2.28. The van der Waals surface area contributed by atoms with Gasteiger partial charge in [0, 0.05) is 19.3 Å². The molecule has 0 aromatic carbocycles. The van der Waals surface area contributed by atoms with Crippen LogP contribution < -0.4 is 5.73 Å². The van der Waals surface area contributed by atoms with Crippen molar-refractivity contribution < 1.29 is 23.8 Å². The van der Waals surface area contributed by atoms with Crippen molar-refractivity contribution in [2.75, 3.05) is 26.9 Å². The van der Waals surface area contributed by atoms with Crippen LogP contribution >= 0.6 is 0 Å². The zero-order chi connectivity index (χ0) is 13.3. The molecule has 0 aliphatic rings. The second-order valence-electron chi connectivity index (χ2n) is 3.42. The summed E-state index contributed by atoms with van der Waals surface area (Å²) < 4.78 is 14.5. The van der Waals surface area contributed by atoms with Crippen molar-refractivity contribution in [3.63, 3.8) is 0 Å². The minimum absolute atomic E-state index is 0.0713. The lowest BCUT2D eigenvalue weighted by Gasteiger charge is -2.27. The Morgan fingerprint density at radius 1 is 1.12 bits per heavy atom. The van der Waals surface area contributed by atoms with Crippen LogP contribution in [-0.2, 0) is 23.8 Å². The zero-order valence-corrected chi connectivity index (χ0v) is 9.81. The van der Waals surface area contributed by atoms with Crippen LogP contribution in [0.5, 0.6) is 0 Å². The molecule has 6 nitrogen and oxygen atoms in total. The Morgan fingerprint density at radius 2 is 1.53 bits per heavy atom. The van der Waals surface area contributed by atoms with Crippen LogP contribution in [0.25, 0.3) is 0 Å². The summed E-state index contributed by atoms with van der Waals surface area (Å²) in [4.78, 5) is 21.8. The number of nitrogens with two attached hydrogens (primary N) is 1. The van der Waals surface area contributed by atoms with E-state index in [1.807, 2.05) is 0 Å². The SMILES string of the molecule is C=CC(=O)OCC(N)(COC)COC(=O)C=C. The highest BCUT2D eigenvalue weighted by atomic mass is 16.6. The van der Waals surface area contributed by atoms with Gasteiger partial charge >= 0.3 is 11.9 Å². The standard InChI is InChI=1S/C11H17NO5/c1-4-9(13)16-7-11(12,6-15-3)8-17-10(14)5-2/h4-5H,1-2,6-8,12H2,3H3. The van der Waals surface area contributed by atoms with E-state index in [4.69, 9.17) is 19.9 Å². The lowest BCUT2D eigenvalue weighted by Crippen LogP contribution is -2.53. The van der Waals surface area contributed by atoms with Crippen molar-refractivity contribution in [2.24, 2.45) is 5.73 Å². The molecule has 0 fully saturated rings. The molecule has 0 aliphatic heterocycles. The Kier molecular flexibility index (Phi) is 6.85. The third-order valence-electron chi connectivity index (χ3n) is 1.77. The molecular weight excluding hydrogens is 226 g/mol. The number of methoxy groups -OCH3 is 1. The van der Waals surface area contributed by atoms with E-state index in [9.17, 15) is 9.59 Å². The number of carbonyl (C=O) groups excluding carboxylic acids is 2. The minimum Gasteiger partial charge on any atom is -0.460 e. The topological polar surface area (TPSA) is 87.8 Å². The first-order valence-corrected chi connectivity index (χ1v) is 4.83. The van der Waals surface area contributed by atoms with Crippen LogP contribution in [-0.4, -0.2) is 44.4 Å². The van der Waals surface area contributed by atoms with E-state index in [1.54, 1.807) is 0 Å². The quantitative estimate of drug-likeness (QED) is 0.469. The van der Waals surface area contributed by atoms with Crippen molar-refractivity contribution in [3.05, 3.63) is 25.3 Å². The Bertz CT molecular complexity index is 276. The molecule has 0 saturated carbocycles. The second kappa shape index (κ2) is 7.59. The molecule has 17 heavy (non-hydrogen) atoms. The average Bonchev–Trinajstić information content (AvgIpc) is 2.33. The summed E-state index contributed by atoms with van der Waals surface area (Å²) in [5.41, 5.74) is 4.78. The third kappa shape index (κ3) is 6.49. The zero-order valence-electron chi connectivity index (χ0n) is 9.81. The molecular formula is C11H17NO5. The van der Waals surface area contributed by atoms with Gasteiger partial charge in [-0.25, -0.2) is 9.59 Å². The molecule has 0 aliphatic carbocycles. The number of rotatable bonds is 8. The summed E-state index contributed by atoms with van der Waals surface area (Å²) in [6, 6.07) is 0. The molecule has 96 valence electrons. The number of hydrogen-bond acceptors (Lipinski definition) is 6. The van der Waals surface area contributed by atoms with Gasteiger partial charge in [0.15, 0.2) is 0 Å². The minimum atomic E-state index is -1.09. The summed E-state index contributed by atoms with van der Waals surface area (Å²) in [6.07, 6.45) is 2.03. The molecule has 0 spiro atoms. The lowest BCUT2D eigenvalue weighted by atomic mass is 10.1. The molecule has 0 aromatic rings. The molecule has 0 heterocycles. The Balaban J connectivity index is 4.33. The molecule has 0 rings (SSSR count). The summed E-state index contributed by atoms with van der Waals surface area (Å²) in [5, 5.41) is 0. The van der Waals surface area contributed by atoms with Gasteiger partial charge in [-0.05, 0) is 0 Å². The Hall–Kier alpha value is -1.66. The highest BCUT2D eigenvalue weighted by molar-refractivity contribution is 5.81. The van der Waals surface area contributed by atoms with Gasteiger partial charge in [-0.3, -0.25) is 0 Å². The maximum atomic E-state index is 10.9. The summed E-state index contributed by atoms with van der Waals surface area (Å²) in [5.74, 6) is -1.21. The van der Waals surface area contributed by atoms with Crippen molar-refractivity contribution >= 4 is 11.9 Å². The maximum Gasteiger partial charge on any atom is 0.330 e. The largest absolute Gasteiger partial charge is 0.460 e. The molecule has 0 radical (unpaired) electrons. The van der Waals surface area contributed by atoms with Crippen LogP contribution in [0.2, 0.25) is 0 Å². The first-order valence-electron chi connectivity index (χ1n) is 4.83. The van der Waals surface area contributed by atoms with Crippen LogP contribution in [0, 0.1) is 0 Å². The third-order valence-corrected chi connectivity index (χ3v) is 1.77. The normalized spacial score (nSPS) is 10.5. The van der Waals surface area contributed by atoms with Crippen LogP contribution in [0.15, 0.2) is 25.3 Å². The summed E-state index contributed by atoms with van der Waals surface area (Å²) in [7, 11) is 1.44. The van der Waals surface area contributed by atoms with Gasteiger partial charge in [0.05, 0.1) is 6.61 Å². The van der Waals surface area contributed by atoms with E-state index in [0.717, 1.165) is 12.2 Å². The average molecular weight is 243 g/mol. The number of ether oxygens (including phenoxy) is 3. The molecule has 0 bridgehead atoms. The van der Waals surface area contributed by atoms with Gasteiger partial charge in [-0.2, -0.15) is 0 Å². The molecule has 0 saturated heterocycles. The predicted molar refractivity (Wildman–Crippen MR) is 61.1 cm³/mol. The van der Waals surface area contributed by atoms with Crippen molar-refractivity contribution in [1.29, 1.82) is 0 Å². The van der Waals surface area contributed by atoms with Gasteiger partial charge in [-0.15, -0.1) is 0 Å². The van der Waals surface area contributed by atoms with Gasteiger partial charge < -0.3 is 19.9 Å². The number of esters is 2. The van der Waals surface area contributed by atoms with Crippen molar-refractivity contribution in [1.82, 2.24) is 0 Å². The van der Waals surface area contributed by atoms with Crippen LogP contribution in [0.3, 0.4) is 0 Å². The molecule has 0 amide bonds. The van der Waals surface area contributed by atoms with E-state index >= 15 is 0 Å². The van der Waals surface area contributed by atoms with Crippen molar-refractivity contribution in [3.8, 4) is 0 Å². The lowest BCUT2D eigenvalue weighted by molar-refractivity contribution is -0.145. The molecule has 6 heteroatoms. The molecule has 0 aromatic heterocycles. The van der Waals surface area contributed by atoms with E-state index < -0.39 is 17.5 Å². The number of hydrogen-bond donors (Lipinski definition) is 1. The first-order chi connectivity index (χ1) is 7.97. The van der Waals surface area contributed by atoms with Gasteiger partial charge in [-0.1, -0.05) is 13.2 Å². The monoisotopic (exact) mass is 243 g/mol. The fourth-order valence-corrected chi connectivity index (χ4v) is 0.960. The molecule has 2 N–H and O–H groups in total. The molecule has 0 unspecified atom stereocenters. The van der Waals surface area contributed by atoms with Crippen molar-refractivity contribution in [2.45, 2.75) is 5.54 Å². The smallest absolute Gasteiger partial charge is 0.330 e. The fraction of sp³-hybridized carbons (Fsp3) is 0.455. The van der Waals surface area contributed by atoms with Gasteiger partial charge in [0.1, 0.15) is 18.8 Å². The van der Waals surface area contributed by atoms with E-state index in [0.29, 0.717) is 0 Å². The second-order valence-corrected chi connectivity index (χ2v) is 3.42. The van der Waals surface area contributed by atoms with Crippen LogP contribution in [0.1, 0.15) is 0 Å².